The van der Waals surface area contributed by atoms with Crippen molar-refractivity contribution in [3.63, 3.8) is 0 Å². The number of aromatic nitrogens is 2. The highest BCUT2D eigenvalue weighted by Crippen LogP contribution is 2.26. The molecule has 0 spiro atoms. The van der Waals surface area contributed by atoms with E-state index in [1.165, 1.54) is 16.7 Å². The highest BCUT2D eigenvalue weighted by atomic mass is 35.5. The number of nitrogens with zero attached hydrogens (tertiary/aromatic N) is 2. The van der Waals surface area contributed by atoms with E-state index in [4.69, 9.17) is 23.2 Å². The standard InChI is InChI=1S/C14H11Cl2N3O3/c1-6-17-12-8(4-7(15)5-9(12)16)14(22)19(6)10-2-3-11(20)18-13(10)21/h4-5,10H,2-3H2,1H3,(H,18,20,21)/t10-/m0/s1. The van der Waals surface area contributed by atoms with Crippen LogP contribution in [0.5, 0.6) is 0 Å². The predicted molar refractivity (Wildman–Crippen MR) is 82.2 cm³/mol. The lowest BCUT2D eigenvalue weighted by atomic mass is 10.1. The van der Waals surface area contributed by atoms with E-state index in [9.17, 15) is 14.4 Å². The van der Waals surface area contributed by atoms with Crippen LogP contribution in [0.1, 0.15) is 24.7 Å². The quantitative estimate of drug-likeness (QED) is 0.805. The van der Waals surface area contributed by atoms with Crippen molar-refractivity contribution in [1.29, 1.82) is 0 Å². The molecule has 2 heterocycles. The first-order chi connectivity index (χ1) is 10.4. The van der Waals surface area contributed by atoms with E-state index >= 15 is 0 Å². The summed E-state index contributed by atoms with van der Waals surface area (Å²) in [6.45, 7) is 1.62. The zero-order valence-electron chi connectivity index (χ0n) is 11.5. The third-order valence-corrected chi connectivity index (χ3v) is 4.13. The molecule has 1 aromatic carbocycles. The smallest absolute Gasteiger partial charge is 0.262 e. The van der Waals surface area contributed by atoms with E-state index < -0.39 is 17.5 Å². The van der Waals surface area contributed by atoms with Crippen molar-refractivity contribution < 1.29 is 9.59 Å². The van der Waals surface area contributed by atoms with Crippen molar-refractivity contribution in [3.8, 4) is 0 Å². The van der Waals surface area contributed by atoms with Gasteiger partial charge in [-0.3, -0.25) is 24.3 Å². The second-order valence-electron chi connectivity index (χ2n) is 5.08. The summed E-state index contributed by atoms with van der Waals surface area (Å²) in [6, 6.07) is 2.22. The fourth-order valence-corrected chi connectivity index (χ4v) is 3.17. The fourth-order valence-electron chi connectivity index (χ4n) is 2.63. The van der Waals surface area contributed by atoms with Crippen molar-refractivity contribution in [2.75, 3.05) is 0 Å². The van der Waals surface area contributed by atoms with E-state index in [0.29, 0.717) is 16.4 Å². The van der Waals surface area contributed by atoms with Gasteiger partial charge < -0.3 is 0 Å². The van der Waals surface area contributed by atoms with E-state index in [1.807, 2.05) is 0 Å². The molecule has 1 fully saturated rings. The molecule has 114 valence electrons. The lowest BCUT2D eigenvalue weighted by Gasteiger charge is -2.24. The number of amides is 2. The van der Waals surface area contributed by atoms with E-state index in [0.717, 1.165) is 0 Å². The molecule has 8 heteroatoms. The monoisotopic (exact) mass is 339 g/mol. The van der Waals surface area contributed by atoms with E-state index in [-0.39, 0.29) is 29.2 Å². The first-order valence-corrected chi connectivity index (χ1v) is 7.35. The van der Waals surface area contributed by atoms with Gasteiger partial charge in [0, 0.05) is 11.4 Å². The third-order valence-electron chi connectivity index (χ3n) is 3.62. The Hall–Kier alpha value is -1.92. The Kier molecular flexibility index (Phi) is 3.66. The summed E-state index contributed by atoms with van der Waals surface area (Å²) in [4.78, 5) is 40.3. The Morgan fingerprint density at radius 2 is 2.00 bits per heavy atom. The topological polar surface area (TPSA) is 81.1 Å². The van der Waals surface area contributed by atoms with Gasteiger partial charge in [-0.2, -0.15) is 0 Å². The number of carbonyl (C=O) groups excluding carboxylic acids is 2. The largest absolute Gasteiger partial charge is 0.295 e. The van der Waals surface area contributed by atoms with Crippen LogP contribution >= 0.6 is 23.2 Å². The maximum Gasteiger partial charge on any atom is 0.262 e. The summed E-state index contributed by atoms with van der Waals surface area (Å²) in [7, 11) is 0. The molecule has 1 saturated heterocycles. The Labute approximate surface area is 135 Å². The number of hydrogen-bond donors (Lipinski definition) is 1. The molecule has 2 aromatic rings. The summed E-state index contributed by atoms with van der Waals surface area (Å²) in [5.41, 5.74) is -0.0569. The minimum atomic E-state index is -0.764. The van der Waals surface area contributed by atoms with Crippen LogP contribution in [0.15, 0.2) is 16.9 Å². The summed E-state index contributed by atoms with van der Waals surface area (Å²) >= 11 is 12.0. The number of fused-ring (bicyclic) bond motifs is 1. The highest BCUT2D eigenvalue weighted by Gasteiger charge is 2.30. The molecule has 1 N–H and O–H groups in total. The number of nitrogens with one attached hydrogen (secondary N) is 1. The van der Waals surface area contributed by atoms with Gasteiger partial charge in [-0.1, -0.05) is 23.2 Å². The number of rotatable bonds is 1. The van der Waals surface area contributed by atoms with Crippen LogP contribution in [-0.2, 0) is 9.59 Å². The minimum Gasteiger partial charge on any atom is -0.295 e. The molecule has 1 atom stereocenters. The predicted octanol–water partition coefficient (Wildman–Crippen LogP) is 1.99. The lowest BCUT2D eigenvalue weighted by molar-refractivity contribution is -0.135. The molecule has 0 saturated carbocycles. The molecule has 22 heavy (non-hydrogen) atoms. The molecule has 6 nitrogen and oxygen atoms in total. The van der Waals surface area contributed by atoms with Gasteiger partial charge in [0.1, 0.15) is 11.9 Å². The molecule has 1 aliphatic rings. The van der Waals surface area contributed by atoms with E-state index in [2.05, 4.69) is 10.3 Å². The maximum atomic E-state index is 12.7. The molecule has 0 bridgehead atoms. The first-order valence-electron chi connectivity index (χ1n) is 6.60. The van der Waals surface area contributed by atoms with Crippen molar-refractivity contribution in [2.45, 2.75) is 25.8 Å². The van der Waals surface area contributed by atoms with Gasteiger partial charge in [0.05, 0.1) is 15.9 Å². The highest BCUT2D eigenvalue weighted by molar-refractivity contribution is 6.38. The third kappa shape index (κ3) is 2.38. The van der Waals surface area contributed by atoms with Gasteiger partial charge in [-0.05, 0) is 25.5 Å². The number of halogens is 2. The Morgan fingerprint density at radius 3 is 2.68 bits per heavy atom. The van der Waals surface area contributed by atoms with Crippen molar-refractivity contribution in [2.24, 2.45) is 0 Å². The molecular formula is C14H11Cl2N3O3. The second kappa shape index (κ2) is 5.37. The number of carbonyl (C=O) groups is 2. The average molecular weight is 340 g/mol. The van der Waals surface area contributed by atoms with Crippen LogP contribution < -0.4 is 10.9 Å². The number of piperidine rings is 1. The summed E-state index contributed by atoms with van der Waals surface area (Å²) in [5.74, 6) is -0.487. The number of benzene rings is 1. The van der Waals surface area contributed by atoms with Gasteiger partial charge in [-0.15, -0.1) is 0 Å². The maximum absolute atomic E-state index is 12.7. The molecule has 3 rings (SSSR count). The summed E-state index contributed by atoms with van der Waals surface area (Å²) in [5, 5.41) is 3.07. The summed E-state index contributed by atoms with van der Waals surface area (Å²) < 4.78 is 1.29. The van der Waals surface area contributed by atoms with Gasteiger partial charge >= 0.3 is 0 Å². The fraction of sp³-hybridized carbons (Fsp3) is 0.286. The second-order valence-corrected chi connectivity index (χ2v) is 5.93. The molecule has 1 aliphatic heterocycles. The van der Waals surface area contributed by atoms with Crippen LogP contribution in [-0.4, -0.2) is 21.4 Å². The SMILES string of the molecule is Cc1nc2c(Cl)cc(Cl)cc2c(=O)n1[C@H]1CCC(=O)NC1=O. The molecule has 0 unspecified atom stereocenters. The van der Waals surface area contributed by atoms with Crippen LogP contribution in [0.4, 0.5) is 0 Å². The zero-order chi connectivity index (χ0) is 16.0. The van der Waals surface area contributed by atoms with Crippen molar-refractivity contribution >= 4 is 45.9 Å². The Balaban J connectivity index is 2.25. The van der Waals surface area contributed by atoms with Gasteiger partial charge in [-0.25, -0.2) is 4.98 Å². The minimum absolute atomic E-state index is 0.177. The molecule has 0 aliphatic carbocycles. The van der Waals surface area contributed by atoms with Gasteiger partial charge in [0.25, 0.3) is 5.56 Å². The van der Waals surface area contributed by atoms with Gasteiger partial charge in [0.15, 0.2) is 0 Å². The first kappa shape index (κ1) is 15.0. The van der Waals surface area contributed by atoms with Crippen LogP contribution in [0.3, 0.4) is 0 Å². The van der Waals surface area contributed by atoms with Gasteiger partial charge in [0.2, 0.25) is 11.8 Å². The Morgan fingerprint density at radius 1 is 1.27 bits per heavy atom. The number of aryl methyl sites for hydroxylation is 1. The number of imide groups is 1. The molecule has 1 aromatic heterocycles. The van der Waals surface area contributed by atoms with E-state index in [1.54, 1.807) is 6.92 Å². The average Bonchev–Trinajstić information content (AvgIpc) is 2.42. The molecule has 0 radical (unpaired) electrons. The zero-order valence-corrected chi connectivity index (χ0v) is 13.0. The van der Waals surface area contributed by atoms with Crippen LogP contribution in [0, 0.1) is 6.92 Å². The van der Waals surface area contributed by atoms with Crippen LogP contribution in [0.2, 0.25) is 10.0 Å². The lowest BCUT2D eigenvalue weighted by Crippen LogP contribution is -2.45. The summed E-state index contributed by atoms with van der Waals surface area (Å²) in [6.07, 6.45) is 0.434. The molecular weight excluding hydrogens is 329 g/mol. The number of hydrogen-bond acceptors (Lipinski definition) is 4. The van der Waals surface area contributed by atoms with Crippen LogP contribution in [0.25, 0.3) is 10.9 Å². The normalized spacial score (nSPS) is 18.6. The van der Waals surface area contributed by atoms with Crippen molar-refractivity contribution in [1.82, 2.24) is 14.9 Å². The van der Waals surface area contributed by atoms with Crippen molar-refractivity contribution in [3.05, 3.63) is 38.4 Å². The Bertz CT molecular complexity index is 876. The molecule has 2 amide bonds.